The number of ketones is 1. The summed E-state index contributed by atoms with van der Waals surface area (Å²) in [4.78, 5) is 18.5. The molecule has 32 heavy (non-hydrogen) atoms. The highest BCUT2D eigenvalue weighted by Crippen LogP contribution is 2.59. The van der Waals surface area contributed by atoms with Gasteiger partial charge in [0, 0.05) is 36.3 Å². The molecule has 1 atom stereocenters. The van der Waals surface area contributed by atoms with Gasteiger partial charge in [-0.2, -0.15) is 31.4 Å². The molecule has 1 aromatic carbocycles. The Labute approximate surface area is 176 Å². The SMILES string of the molecule is O=C(c1ncc(CC2(C(F)(F)F)CC2)[nH]1)[C@@](O)(c1ccc(-n2cccn2)cc1)C(F)(F)F. The molecule has 0 aliphatic heterocycles. The average Bonchev–Trinajstić information content (AvgIpc) is 3.13. The van der Waals surface area contributed by atoms with Crippen molar-refractivity contribution in [3.05, 3.63) is 66.0 Å². The van der Waals surface area contributed by atoms with Crippen LogP contribution < -0.4 is 0 Å². The van der Waals surface area contributed by atoms with Crippen molar-refractivity contribution in [2.24, 2.45) is 5.41 Å². The first-order chi connectivity index (χ1) is 14.9. The van der Waals surface area contributed by atoms with E-state index < -0.39 is 47.0 Å². The maximum atomic E-state index is 13.9. The largest absolute Gasteiger partial charge is 0.429 e. The number of halogens is 6. The molecule has 1 aliphatic carbocycles. The van der Waals surface area contributed by atoms with E-state index in [9.17, 15) is 36.2 Å². The molecule has 0 bridgehead atoms. The molecular weight excluding hydrogens is 442 g/mol. The molecule has 2 N–H and O–H groups in total. The standard InChI is InChI=1S/C20H16F6N4O2/c21-19(22,23)17(6-7-17)10-13-11-27-16(29-13)15(31)18(32,20(24,25)26)12-2-4-14(5-3-12)30-9-1-8-28-30/h1-5,8-9,11,32H,6-7,10H2,(H,27,29)/t18-/m0/s1. The van der Waals surface area contributed by atoms with Crippen molar-refractivity contribution < 1.29 is 36.2 Å². The number of aromatic nitrogens is 4. The van der Waals surface area contributed by atoms with Crippen LogP contribution in [0.25, 0.3) is 5.69 Å². The molecule has 0 amide bonds. The minimum Gasteiger partial charge on any atom is -0.370 e. The summed E-state index contributed by atoms with van der Waals surface area (Å²) in [7, 11) is 0. The number of rotatable bonds is 6. The van der Waals surface area contributed by atoms with Crippen LogP contribution in [0.3, 0.4) is 0 Å². The molecule has 1 fully saturated rings. The van der Waals surface area contributed by atoms with Crippen molar-refractivity contribution >= 4 is 5.78 Å². The van der Waals surface area contributed by atoms with E-state index in [4.69, 9.17) is 0 Å². The van der Waals surface area contributed by atoms with Crippen molar-refractivity contribution in [2.45, 2.75) is 37.2 Å². The molecule has 2 heterocycles. The van der Waals surface area contributed by atoms with Gasteiger partial charge in [0.05, 0.1) is 11.1 Å². The molecule has 3 aromatic rings. The first-order valence-electron chi connectivity index (χ1n) is 9.42. The van der Waals surface area contributed by atoms with Crippen LogP contribution in [0, 0.1) is 5.41 Å². The normalized spacial score (nSPS) is 17.7. The molecule has 0 unspecified atom stereocenters. The van der Waals surface area contributed by atoms with Crippen LogP contribution in [0.2, 0.25) is 0 Å². The smallest absolute Gasteiger partial charge is 0.370 e. The van der Waals surface area contributed by atoms with Gasteiger partial charge >= 0.3 is 12.4 Å². The first-order valence-corrected chi connectivity index (χ1v) is 9.42. The van der Waals surface area contributed by atoms with E-state index in [0.717, 1.165) is 18.3 Å². The average molecular weight is 458 g/mol. The van der Waals surface area contributed by atoms with E-state index in [2.05, 4.69) is 15.1 Å². The second-order valence-corrected chi connectivity index (χ2v) is 7.75. The number of Topliss-reactive ketones (excluding diaryl/α,β-unsaturated/α-hetero) is 1. The summed E-state index contributed by atoms with van der Waals surface area (Å²) in [5, 5.41) is 14.4. The number of alkyl halides is 6. The maximum Gasteiger partial charge on any atom is 0.429 e. The summed E-state index contributed by atoms with van der Waals surface area (Å²) in [6, 6.07) is 5.92. The highest BCUT2D eigenvalue weighted by atomic mass is 19.4. The van der Waals surface area contributed by atoms with Gasteiger partial charge in [-0.15, -0.1) is 0 Å². The zero-order valence-corrected chi connectivity index (χ0v) is 16.2. The molecule has 0 radical (unpaired) electrons. The molecule has 1 aliphatic rings. The van der Waals surface area contributed by atoms with Crippen LogP contribution in [0.15, 0.2) is 48.9 Å². The van der Waals surface area contributed by atoms with Crippen molar-refractivity contribution in [1.29, 1.82) is 0 Å². The van der Waals surface area contributed by atoms with Crippen molar-refractivity contribution in [2.75, 3.05) is 0 Å². The Morgan fingerprint density at radius 3 is 2.28 bits per heavy atom. The Hall–Kier alpha value is -3.15. The molecule has 2 aromatic heterocycles. The van der Waals surface area contributed by atoms with E-state index in [-0.39, 0.29) is 18.5 Å². The first kappa shape index (κ1) is 22.1. The number of carbonyl (C=O) groups excluding carboxylic acids is 1. The van der Waals surface area contributed by atoms with Crippen LogP contribution >= 0.6 is 0 Å². The fourth-order valence-corrected chi connectivity index (χ4v) is 3.51. The minimum absolute atomic E-state index is 0.117. The third kappa shape index (κ3) is 3.57. The Morgan fingerprint density at radius 1 is 1.12 bits per heavy atom. The van der Waals surface area contributed by atoms with Gasteiger partial charge < -0.3 is 10.1 Å². The molecule has 0 saturated heterocycles. The van der Waals surface area contributed by atoms with E-state index in [1.807, 2.05) is 0 Å². The van der Waals surface area contributed by atoms with Gasteiger partial charge in [0.15, 0.2) is 5.82 Å². The predicted octanol–water partition coefficient (Wildman–Crippen LogP) is 4.11. The maximum absolute atomic E-state index is 13.9. The van der Waals surface area contributed by atoms with Crippen LogP contribution in [0.4, 0.5) is 26.3 Å². The Bertz CT molecular complexity index is 1110. The monoisotopic (exact) mass is 458 g/mol. The number of H-pyrrole nitrogens is 1. The fourth-order valence-electron chi connectivity index (χ4n) is 3.51. The molecule has 12 heteroatoms. The number of carbonyl (C=O) groups is 1. The number of hydrogen-bond donors (Lipinski definition) is 2. The number of hydrogen-bond acceptors (Lipinski definition) is 4. The molecule has 1 saturated carbocycles. The molecule has 4 rings (SSSR count). The van der Waals surface area contributed by atoms with Crippen molar-refractivity contribution in [3.8, 4) is 5.69 Å². The predicted molar refractivity (Wildman–Crippen MR) is 97.9 cm³/mol. The molecular formula is C20H16F6N4O2. The summed E-state index contributed by atoms with van der Waals surface area (Å²) in [6.45, 7) is 0. The quantitative estimate of drug-likeness (QED) is 0.430. The zero-order valence-electron chi connectivity index (χ0n) is 16.2. The van der Waals surface area contributed by atoms with E-state index in [0.29, 0.717) is 5.69 Å². The van der Waals surface area contributed by atoms with Gasteiger partial charge in [-0.1, -0.05) is 12.1 Å². The Kier molecular flexibility index (Phi) is 4.96. The van der Waals surface area contributed by atoms with Gasteiger partial charge in [0.25, 0.3) is 5.60 Å². The minimum atomic E-state index is -5.42. The number of nitrogens with zero attached hydrogens (tertiary/aromatic N) is 3. The lowest BCUT2D eigenvalue weighted by Crippen LogP contribution is -2.49. The third-order valence-corrected chi connectivity index (χ3v) is 5.62. The third-order valence-electron chi connectivity index (χ3n) is 5.62. The lowest BCUT2D eigenvalue weighted by Gasteiger charge is -2.28. The topological polar surface area (TPSA) is 83.8 Å². The van der Waals surface area contributed by atoms with Crippen LogP contribution in [-0.2, 0) is 12.0 Å². The van der Waals surface area contributed by atoms with Crippen LogP contribution in [-0.4, -0.2) is 43.0 Å². The van der Waals surface area contributed by atoms with Crippen molar-refractivity contribution in [1.82, 2.24) is 19.7 Å². The zero-order chi connectivity index (χ0) is 23.4. The summed E-state index contributed by atoms with van der Waals surface area (Å²) in [5.41, 5.74) is -6.44. The molecule has 170 valence electrons. The Morgan fingerprint density at radius 2 is 1.78 bits per heavy atom. The van der Waals surface area contributed by atoms with Gasteiger partial charge in [-0.05, 0) is 31.0 Å². The van der Waals surface area contributed by atoms with Gasteiger partial charge in [0.1, 0.15) is 0 Å². The summed E-state index contributed by atoms with van der Waals surface area (Å²) in [6.07, 6.45) is -6.78. The second-order valence-electron chi connectivity index (χ2n) is 7.75. The highest BCUT2D eigenvalue weighted by Gasteiger charge is 2.63. The van der Waals surface area contributed by atoms with Gasteiger partial charge in [-0.25, -0.2) is 9.67 Å². The number of aromatic amines is 1. The van der Waals surface area contributed by atoms with Gasteiger partial charge in [0.2, 0.25) is 5.78 Å². The Balaban J connectivity index is 1.64. The summed E-state index contributed by atoms with van der Waals surface area (Å²) in [5.74, 6) is -2.70. The highest BCUT2D eigenvalue weighted by molar-refractivity contribution is 6.00. The number of nitrogens with one attached hydrogen (secondary N) is 1. The number of imidazole rings is 1. The second kappa shape index (κ2) is 7.19. The van der Waals surface area contributed by atoms with Crippen LogP contribution in [0.5, 0.6) is 0 Å². The molecule has 0 spiro atoms. The lowest BCUT2D eigenvalue weighted by molar-refractivity contribution is -0.242. The van der Waals surface area contributed by atoms with Crippen LogP contribution in [0.1, 0.15) is 34.7 Å². The summed E-state index contributed by atoms with van der Waals surface area (Å²) >= 11 is 0. The van der Waals surface area contributed by atoms with Crippen molar-refractivity contribution in [3.63, 3.8) is 0 Å². The van der Waals surface area contributed by atoms with E-state index >= 15 is 0 Å². The fraction of sp³-hybridized carbons (Fsp3) is 0.350. The van der Waals surface area contributed by atoms with E-state index in [1.54, 1.807) is 12.3 Å². The van der Waals surface area contributed by atoms with E-state index in [1.165, 1.54) is 23.0 Å². The van der Waals surface area contributed by atoms with Gasteiger partial charge in [-0.3, -0.25) is 4.79 Å². The molecule has 6 nitrogen and oxygen atoms in total. The lowest BCUT2D eigenvalue weighted by atomic mass is 9.88. The number of aliphatic hydroxyl groups is 1. The number of benzene rings is 1. The summed E-state index contributed by atoms with van der Waals surface area (Å²) < 4.78 is 82.4.